The average molecular weight is 449 g/mol. The van der Waals surface area contributed by atoms with Gasteiger partial charge in [-0.1, -0.05) is 0 Å². The lowest BCUT2D eigenvalue weighted by Crippen LogP contribution is -2.30. The Kier molecular flexibility index (Phi) is 5.62. The summed E-state index contributed by atoms with van der Waals surface area (Å²) in [7, 11) is 0. The molecule has 1 unspecified atom stereocenters. The first-order chi connectivity index (χ1) is 15.1. The fourth-order valence-electron chi connectivity index (χ4n) is 3.65. The predicted molar refractivity (Wildman–Crippen MR) is 107 cm³/mol. The minimum atomic E-state index is -4.80. The molecule has 2 aromatic rings. The van der Waals surface area contributed by atoms with E-state index in [9.17, 15) is 31.9 Å². The molecule has 1 aliphatic heterocycles. The molecule has 32 heavy (non-hydrogen) atoms. The molecule has 0 spiro atoms. The Balaban J connectivity index is 1.50. The van der Waals surface area contributed by atoms with Gasteiger partial charge in [-0.2, -0.15) is 13.2 Å². The Bertz CT molecular complexity index is 1070. The Morgan fingerprint density at radius 3 is 2.31 bits per heavy atom. The number of amides is 3. The van der Waals surface area contributed by atoms with E-state index in [1.165, 1.54) is 18.2 Å². The summed E-state index contributed by atoms with van der Waals surface area (Å²) >= 11 is 0. The lowest BCUT2D eigenvalue weighted by atomic mass is 10.1. The third-order valence-corrected chi connectivity index (χ3v) is 5.46. The van der Waals surface area contributed by atoms with Crippen molar-refractivity contribution in [2.24, 2.45) is 5.92 Å². The molecule has 2 N–H and O–H groups in total. The van der Waals surface area contributed by atoms with Gasteiger partial charge in [0, 0.05) is 30.3 Å². The maximum absolute atomic E-state index is 13.6. The van der Waals surface area contributed by atoms with E-state index in [1.54, 1.807) is 4.90 Å². The van der Waals surface area contributed by atoms with Crippen LogP contribution < -0.4 is 10.6 Å². The van der Waals surface area contributed by atoms with Gasteiger partial charge >= 0.3 is 6.18 Å². The van der Waals surface area contributed by atoms with Crippen LogP contribution >= 0.6 is 0 Å². The van der Waals surface area contributed by atoms with Gasteiger partial charge in [0.1, 0.15) is 5.82 Å². The van der Waals surface area contributed by atoms with E-state index in [0.717, 1.165) is 31.0 Å². The summed E-state index contributed by atoms with van der Waals surface area (Å²) in [4.78, 5) is 38.4. The monoisotopic (exact) mass is 449 g/mol. The van der Waals surface area contributed by atoms with E-state index in [-0.39, 0.29) is 36.2 Å². The molecule has 2 aliphatic rings. The first-order valence-electron chi connectivity index (χ1n) is 10.0. The molecule has 1 atom stereocenters. The number of carbonyl (C=O) groups is 3. The van der Waals surface area contributed by atoms with E-state index >= 15 is 0 Å². The molecule has 2 aromatic carbocycles. The van der Waals surface area contributed by atoms with Crippen LogP contribution in [0.5, 0.6) is 0 Å². The van der Waals surface area contributed by atoms with Crippen LogP contribution in [0.3, 0.4) is 0 Å². The Hall–Kier alpha value is -3.43. The number of rotatable bonds is 5. The van der Waals surface area contributed by atoms with Gasteiger partial charge in [-0.05, 0) is 55.3 Å². The van der Waals surface area contributed by atoms with Crippen LogP contribution in [0.25, 0.3) is 0 Å². The smallest absolute Gasteiger partial charge is 0.339 e. The molecule has 1 heterocycles. The zero-order valence-electron chi connectivity index (χ0n) is 16.7. The minimum Gasteiger partial charge on any atom is -0.339 e. The van der Waals surface area contributed by atoms with Crippen LogP contribution in [0.4, 0.5) is 28.9 Å². The van der Waals surface area contributed by atoms with Crippen LogP contribution in [0.1, 0.15) is 35.2 Å². The summed E-state index contributed by atoms with van der Waals surface area (Å²) in [6, 6.07) is 7.66. The molecule has 10 heteroatoms. The van der Waals surface area contributed by atoms with Crippen molar-refractivity contribution in [1.82, 2.24) is 4.90 Å². The highest BCUT2D eigenvalue weighted by Gasteiger charge is 2.42. The number of alkyl halides is 3. The summed E-state index contributed by atoms with van der Waals surface area (Å²) in [5.41, 5.74) is -1.66. The predicted octanol–water partition coefficient (Wildman–Crippen LogP) is 4.05. The molecule has 1 aliphatic carbocycles. The summed E-state index contributed by atoms with van der Waals surface area (Å²) in [6.07, 6.45) is -3.08. The Morgan fingerprint density at radius 1 is 1.00 bits per heavy atom. The molecule has 0 aromatic heterocycles. The lowest BCUT2D eigenvalue weighted by Gasteiger charge is -2.18. The lowest BCUT2D eigenvalue weighted by molar-refractivity contribution is -0.137. The van der Waals surface area contributed by atoms with Gasteiger partial charge in [-0.25, -0.2) is 4.39 Å². The van der Waals surface area contributed by atoms with Crippen molar-refractivity contribution < 1.29 is 31.9 Å². The van der Waals surface area contributed by atoms with Crippen LogP contribution in [-0.4, -0.2) is 35.2 Å². The normalized spacial score (nSPS) is 18.6. The largest absolute Gasteiger partial charge is 0.418 e. The van der Waals surface area contributed by atoms with E-state index in [0.29, 0.717) is 6.07 Å². The third-order valence-electron chi connectivity index (χ3n) is 5.46. The van der Waals surface area contributed by atoms with E-state index in [1.807, 2.05) is 0 Å². The van der Waals surface area contributed by atoms with Gasteiger partial charge < -0.3 is 15.5 Å². The number of carbonyl (C=O) groups excluding carboxylic acids is 3. The number of hydrogen-bond donors (Lipinski definition) is 2. The van der Waals surface area contributed by atoms with Crippen molar-refractivity contribution in [3.8, 4) is 0 Å². The highest BCUT2D eigenvalue weighted by Crippen LogP contribution is 2.38. The fourth-order valence-corrected chi connectivity index (χ4v) is 3.65. The molecule has 1 saturated heterocycles. The average Bonchev–Trinajstić information content (AvgIpc) is 3.50. The maximum atomic E-state index is 13.6. The standard InChI is InChI=1S/C22H19F4N3O3/c23-14-3-1-12(2-4-14)20(31)27-15-5-8-18(17(10-15)22(24,25)26)28-21(32)13-9-19(30)29(11-13)16-6-7-16/h1-5,8,10,13,16H,6-7,9,11H2,(H,27,31)(H,28,32). The second-order valence-corrected chi connectivity index (χ2v) is 7.89. The van der Waals surface area contributed by atoms with Crippen LogP contribution in [-0.2, 0) is 15.8 Å². The molecular weight excluding hydrogens is 430 g/mol. The third kappa shape index (κ3) is 4.74. The van der Waals surface area contributed by atoms with Crippen molar-refractivity contribution in [1.29, 1.82) is 0 Å². The van der Waals surface area contributed by atoms with Crippen LogP contribution in [0.15, 0.2) is 42.5 Å². The second kappa shape index (κ2) is 8.25. The number of hydrogen-bond acceptors (Lipinski definition) is 3. The molecule has 168 valence electrons. The van der Waals surface area contributed by atoms with Crippen LogP contribution in [0, 0.1) is 11.7 Å². The van der Waals surface area contributed by atoms with Gasteiger partial charge in [0.05, 0.1) is 17.2 Å². The van der Waals surface area contributed by atoms with Crippen molar-refractivity contribution in [3.63, 3.8) is 0 Å². The highest BCUT2D eigenvalue weighted by atomic mass is 19.4. The molecular formula is C22H19F4N3O3. The molecule has 3 amide bonds. The van der Waals surface area contributed by atoms with Gasteiger partial charge in [0.2, 0.25) is 11.8 Å². The molecule has 4 rings (SSSR count). The minimum absolute atomic E-state index is 0.0322. The number of benzene rings is 2. The summed E-state index contributed by atoms with van der Waals surface area (Å²) < 4.78 is 53.9. The number of halogens is 4. The summed E-state index contributed by atoms with van der Waals surface area (Å²) in [5, 5.41) is 4.62. The molecule has 1 saturated carbocycles. The first-order valence-corrected chi connectivity index (χ1v) is 10.0. The summed E-state index contributed by atoms with van der Waals surface area (Å²) in [6.45, 7) is 0.197. The van der Waals surface area contributed by atoms with Crippen LogP contribution in [0.2, 0.25) is 0 Å². The van der Waals surface area contributed by atoms with E-state index < -0.39 is 41.0 Å². The van der Waals surface area contributed by atoms with E-state index in [4.69, 9.17) is 0 Å². The zero-order chi connectivity index (χ0) is 23.0. The quantitative estimate of drug-likeness (QED) is 0.677. The number of nitrogens with zero attached hydrogens (tertiary/aromatic N) is 1. The Labute approximate surface area is 180 Å². The molecule has 0 radical (unpaired) electrons. The molecule has 6 nitrogen and oxygen atoms in total. The zero-order valence-corrected chi connectivity index (χ0v) is 16.7. The van der Waals surface area contributed by atoms with Crippen molar-refractivity contribution in [2.45, 2.75) is 31.5 Å². The van der Waals surface area contributed by atoms with Gasteiger partial charge in [0.15, 0.2) is 0 Å². The second-order valence-electron chi connectivity index (χ2n) is 7.89. The van der Waals surface area contributed by atoms with Gasteiger partial charge in [-0.3, -0.25) is 14.4 Å². The topological polar surface area (TPSA) is 78.5 Å². The molecule has 0 bridgehead atoms. The van der Waals surface area contributed by atoms with Gasteiger partial charge in [-0.15, -0.1) is 0 Å². The van der Waals surface area contributed by atoms with Crippen molar-refractivity contribution >= 4 is 29.1 Å². The van der Waals surface area contributed by atoms with Crippen molar-refractivity contribution in [2.75, 3.05) is 17.2 Å². The Morgan fingerprint density at radius 2 is 1.69 bits per heavy atom. The fraction of sp³-hybridized carbons (Fsp3) is 0.318. The molecule has 2 fully saturated rings. The van der Waals surface area contributed by atoms with E-state index in [2.05, 4.69) is 10.6 Å². The number of nitrogens with one attached hydrogen (secondary N) is 2. The highest BCUT2D eigenvalue weighted by molar-refractivity contribution is 6.04. The van der Waals surface area contributed by atoms with Gasteiger partial charge in [0.25, 0.3) is 5.91 Å². The SMILES string of the molecule is O=C(Nc1ccc(NC(=O)C2CC(=O)N(C3CC3)C2)c(C(F)(F)F)c1)c1ccc(F)cc1. The maximum Gasteiger partial charge on any atom is 0.418 e. The van der Waals surface area contributed by atoms with Crippen molar-refractivity contribution in [3.05, 3.63) is 59.4 Å². The first kappa shape index (κ1) is 21.8. The summed E-state index contributed by atoms with van der Waals surface area (Å²) in [5.74, 6) is -2.80. The number of anilines is 2. The number of likely N-dealkylation sites (tertiary alicyclic amines) is 1.